The van der Waals surface area contributed by atoms with E-state index in [1.54, 1.807) is 0 Å². The van der Waals surface area contributed by atoms with Crippen molar-refractivity contribution in [1.82, 2.24) is 10.6 Å². The van der Waals surface area contributed by atoms with E-state index in [0.717, 1.165) is 10.6 Å². The van der Waals surface area contributed by atoms with E-state index in [1.807, 2.05) is 30.3 Å². The number of rotatable bonds is 4. The van der Waals surface area contributed by atoms with Crippen LogP contribution < -0.4 is 5.59 Å². The molecule has 0 unspecified atom stereocenters. The second-order valence-electron chi connectivity index (χ2n) is 3.21. The second-order valence-corrected chi connectivity index (χ2v) is 3.21. The molecule has 0 aromatic heterocycles. The van der Waals surface area contributed by atoms with Crippen LogP contribution in [0.15, 0.2) is 42.5 Å². The topological polar surface area (TPSA) is 58.6 Å². The van der Waals surface area contributed by atoms with Crippen molar-refractivity contribution in [3.8, 4) is 0 Å². The average Bonchev–Trinajstić information content (AvgIpc) is 2.62. The fourth-order valence-electron chi connectivity index (χ4n) is 1.24. The fraction of sp³-hybridized carbons (Fsp3) is 0.0909. The molecule has 82 valence electrons. The number of benzene rings is 1. The van der Waals surface area contributed by atoms with Gasteiger partial charge < -0.3 is 0 Å². The predicted molar refractivity (Wildman–Crippen MR) is 55.4 cm³/mol. The van der Waals surface area contributed by atoms with Gasteiger partial charge in [-0.1, -0.05) is 30.3 Å². The van der Waals surface area contributed by atoms with Gasteiger partial charge in [-0.25, -0.2) is 0 Å². The highest BCUT2D eigenvalue weighted by Gasteiger charge is 2.23. The molecule has 0 aliphatic carbocycles. The molecule has 0 bridgehead atoms. The van der Waals surface area contributed by atoms with Crippen molar-refractivity contribution < 1.29 is 14.4 Å². The number of nitrogens with zero attached hydrogens (tertiary/aromatic N) is 1. The summed E-state index contributed by atoms with van der Waals surface area (Å²) in [6.45, 7) is 0.276. The lowest BCUT2D eigenvalue weighted by Gasteiger charge is -2.14. The summed E-state index contributed by atoms with van der Waals surface area (Å²) in [6.07, 6.45) is 2.36. The van der Waals surface area contributed by atoms with Crippen LogP contribution in [0.1, 0.15) is 5.56 Å². The lowest BCUT2D eigenvalue weighted by molar-refractivity contribution is -0.159. The van der Waals surface area contributed by atoms with E-state index < -0.39 is 11.8 Å². The zero-order valence-corrected chi connectivity index (χ0v) is 8.42. The summed E-state index contributed by atoms with van der Waals surface area (Å²) >= 11 is 0. The first-order valence-corrected chi connectivity index (χ1v) is 4.75. The Morgan fingerprint density at radius 1 is 1.06 bits per heavy atom. The normalized spacial score (nSPS) is 14.9. The molecule has 16 heavy (non-hydrogen) atoms. The number of amides is 2. The number of carbonyl (C=O) groups is 2. The summed E-state index contributed by atoms with van der Waals surface area (Å²) in [5, 5.41) is 0.808. The molecule has 1 aliphatic heterocycles. The van der Waals surface area contributed by atoms with Crippen LogP contribution in [-0.4, -0.2) is 16.8 Å². The molecular formula is C11H10N2O3. The molecule has 0 saturated heterocycles. The van der Waals surface area contributed by atoms with Crippen molar-refractivity contribution in [1.29, 1.82) is 0 Å². The Labute approximate surface area is 92.2 Å². The first-order chi connectivity index (χ1) is 7.77. The predicted octanol–water partition coefficient (Wildman–Crippen LogP) is 0.548. The van der Waals surface area contributed by atoms with Gasteiger partial charge >= 0.3 is 0 Å². The quantitative estimate of drug-likeness (QED) is 0.592. The smallest absolute Gasteiger partial charge is 0.270 e. The van der Waals surface area contributed by atoms with Crippen LogP contribution in [0.4, 0.5) is 0 Å². The van der Waals surface area contributed by atoms with Crippen molar-refractivity contribution in [2.24, 2.45) is 0 Å². The van der Waals surface area contributed by atoms with Crippen LogP contribution in [0.3, 0.4) is 0 Å². The van der Waals surface area contributed by atoms with Gasteiger partial charge in [0, 0.05) is 12.2 Å². The van der Waals surface area contributed by atoms with Gasteiger partial charge in [0.1, 0.15) is 0 Å². The monoisotopic (exact) mass is 218 g/mol. The first kappa shape index (κ1) is 10.5. The molecule has 5 heteroatoms. The number of hydrazine groups is 1. The van der Waals surface area contributed by atoms with Gasteiger partial charge in [-0.3, -0.25) is 14.4 Å². The van der Waals surface area contributed by atoms with Crippen LogP contribution in [0.25, 0.3) is 0 Å². The minimum absolute atomic E-state index is 0.276. The SMILES string of the molecule is O=C1C=CC(=O)N1NOCc1ccccc1. The second kappa shape index (κ2) is 4.69. The molecule has 0 fully saturated rings. The molecule has 1 aliphatic rings. The van der Waals surface area contributed by atoms with E-state index in [0.29, 0.717) is 0 Å². The molecule has 1 aromatic carbocycles. The van der Waals surface area contributed by atoms with Crippen molar-refractivity contribution in [2.45, 2.75) is 6.61 Å². The molecule has 1 heterocycles. The number of hydrogen-bond acceptors (Lipinski definition) is 4. The van der Waals surface area contributed by atoms with Gasteiger partial charge in [0.05, 0.1) is 6.61 Å². The fourth-order valence-corrected chi connectivity index (χ4v) is 1.24. The van der Waals surface area contributed by atoms with Gasteiger partial charge in [0.25, 0.3) is 11.8 Å². The molecule has 0 atom stereocenters. The lowest BCUT2D eigenvalue weighted by Crippen LogP contribution is -2.42. The summed E-state index contributed by atoms with van der Waals surface area (Å²) in [5.41, 5.74) is 3.25. The Morgan fingerprint density at radius 3 is 2.31 bits per heavy atom. The Kier molecular flexibility index (Phi) is 3.09. The number of carbonyl (C=O) groups excluding carboxylic acids is 2. The maximum atomic E-state index is 11.1. The van der Waals surface area contributed by atoms with E-state index in [9.17, 15) is 9.59 Å². The molecule has 5 nitrogen and oxygen atoms in total. The van der Waals surface area contributed by atoms with Gasteiger partial charge in [-0.15, -0.1) is 5.59 Å². The zero-order valence-electron chi connectivity index (χ0n) is 8.42. The molecular weight excluding hydrogens is 208 g/mol. The average molecular weight is 218 g/mol. The van der Waals surface area contributed by atoms with E-state index in [4.69, 9.17) is 4.84 Å². The highest BCUT2D eigenvalue weighted by Crippen LogP contribution is 2.02. The number of hydrogen-bond donors (Lipinski definition) is 1. The van der Waals surface area contributed by atoms with Gasteiger partial charge in [0.15, 0.2) is 0 Å². The van der Waals surface area contributed by atoms with Crippen LogP contribution in [0, 0.1) is 0 Å². The van der Waals surface area contributed by atoms with Gasteiger partial charge in [-0.2, -0.15) is 5.01 Å². The minimum atomic E-state index is -0.432. The molecule has 0 saturated carbocycles. The first-order valence-electron chi connectivity index (χ1n) is 4.75. The molecule has 0 spiro atoms. The molecule has 2 amide bonds. The van der Waals surface area contributed by atoms with E-state index in [-0.39, 0.29) is 6.61 Å². The third kappa shape index (κ3) is 2.33. The van der Waals surface area contributed by atoms with E-state index in [1.165, 1.54) is 12.2 Å². The highest BCUT2D eigenvalue weighted by molar-refractivity contribution is 6.12. The maximum Gasteiger partial charge on any atom is 0.270 e. The Morgan fingerprint density at radius 2 is 1.69 bits per heavy atom. The third-order valence-corrected chi connectivity index (χ3v) is 2.05. The molecule has 2 rings (SSSR count). The highest BCUT2D eigenvalue weighted by atomic mass is 16.7. The summed E-state index contributed by atoms with van der Waals surface area (Å²) in [6, 6.07) is 9.42. The van der Waals surface area contributed by atoms with Gasteiger partial charge in [-0.05, 0) is 5.56 Å². The van der Waals surface area contributed by atoms with Crippen molar-refractivity contribution in [3.05, 3.63) is 48.0 Å². The van der Waals surface area contributed by atoms with Crippen molar-refractivity contribution >= 4 is 11.8 Å². The Bertz CT molecular complexity index is 410. The maximum absolute atomic E-state index is 11.1. The Balaban J connectivity index is 1.81. The molecule has 1 aromatic rings. The van der Waals surface area contributed by atoms with Crippen LogP contribution in [0.5, 0.6) is 0 Å². The third-order valence-electron chi connectivity index (χ3n) is 2.05. The van der Waals surface area contributed by atoms with Crippen LogP contribution >= 0.6 is 0 Å². The zero-order chi connectivity index (χ0) is 11.4. The molecule has 1 N–H and O–H groups in total. The van der Waals surface area contributed by atoms with E-state index >= 15 is 0 Å². The van der Waals surface area contributed by atoms with Crippen molar-refractivity contribution in [2.75, 3.05) is 0 Å². The minimum Gasteiger partial charge on any atom is -0.277 e. The number of nitrogens with one attached hydrogen (secondary N) is 1. The summed E-state index contributed by atoms with van der Waals surface area (Å²) in [4.78, 5) is 27.2. The van der Waals surface area contributed by atoms with Gasteiger partial charge in [0.2, 0.25) is 0 Å². The summed E-state index contributed by atoms with van der Waals surface area (Å²) in [7, 11) is 0. The number of imide groups is 1. The van der Waals surface area contributed by atoms with E-state index in [2.05, 4.69) is 5.59 Å². The largest absolute Gasteiger partial charge is 0.277 e. The van der Waals surface area contributed by atoms with Crippen molar-refractivity contribution in [3.63, 3.8) is 0 Å². The standard InChI is InChI=1S/C11H10N2O3/c14-10-6-7-11(15)13(10)12-16-8-9-4-2-1-3-5-9/h1-7,12H,8H2. The van der Waals surface area contributed by atoms with Crippen LogP contribution in [-0.2, 0) is 21.0 Å². The Hall–Kier alpha value is -1.98. The summed E-state index contributed by atoms with van der Waals surface area (Å²) < 4.78 is 0. The lowest BCUT2D eigenvalue weighted by atomic mass is 10.2. The molecule has 0 radical (unpaired) electrons. The van der Waals surface area contributed by atoms with Crippen LogP contribution in [0.2, 0.25) is 0 Å². The summed E-state index contributed by atoms with van der Waals surface area (Å²) in [5.74, 6) is -0.865.